The molecule has 1 aromatic rings. The van der Waals surface area contributed by atoms with Gasteiger partial charge in [-0.25, -0.2) is 4.79 Å². The molecule has 136 valence electrons. The molecular weight excluding hydrogens is 335 g/mol. The minimum Gasteiger partial charge on any atom is -0.475 e. The minimum absolute atomic E-state index is 0.185. The number of alkyl halides is 3. The lowest BCUT2D eigenvalue weighted by Gasteiger charge is -2.26. The van der Waals surface area contributed by atoms with Crippen LogP contribution in [0.4, 0.5) is 13.2 Å². The first-order valence-corrected chi connectivity index (χ1v) is 7.02. The van der Waals surface area contributed by atoms with E-state index in [2.05, 4.69) is 15.4 Å². The molecule has 0 spiro atoms. The molecule has 2 rings (SSSR count). The van der Waals surface area contributed by atoms with Gasteiger partial charge in [0, 0.05) is 32.2 Å². The van der Waals surface area contributed by atoms with Gasteiger partial charge in [-0.2, -0.15) is 13.2 Å². The van der Waals surface area contributed by atoms with E-state index in [4.69, 9.17) is 19.2 Å². The number of carbonyl (C=O) groups is 2. The number of aromatic nitrogens is 1. The van der Waals surface area contributed by atoms with Crippen molar-refractivity contribution in [2.45, 2.75) is 13.1 Å². The number of hydrogen-bond donors (Lipinski definition) is 2. The molecule has 0 saturated carbocycles. The Morgan fingerprint density at radius 3 is 2.42 bits per heavy atom. The monoisotopic (exact) mass is 353 g/mol. The Bertz CT molecular complexity index is 541. The summed E-state index contributed by atoms with van der Waals surface area (Å²) in [6, 6.07) is 1.63. The maximum atomic E-state index is 11.6. The molecule has 0 unspecified atom stereocenters. The number of morpholine rings is 1. The Kier molecular flexibility index (Phi) is 7.65. The van der Waals surface area contributed by atoms with Crippen LogP contribution >= 0.6 is 0 Å². The van der Waals surface area contributed by atoms with Crippen molar-refractivity contribution in [1.29, 1.82) is 0 Å². The number of carboxylic acids is 1. The highest BCUT2D eigenvalue weighted by Crippen LogP contribution is 2.13. The summed E-state index contributed by atoms with van der Waals surface area (Å²) in [5.74, 6) is -2.30. The average molecular weight is 353 g/mol. The highest BCUT2D eigenvalue weighted by Gasteiger charge is 2.38. The Morgan fingerprint density at radius 1 is 1.38 bits per heavy atom. The highest BCUT2D eigenvalue weighted by molar-refractivity contribution is 5.92. The van der Waals surface area contributed by atoms with Gasteiger partial charge in [0.1, 0.15) is 5.76 Å². The quantitative estimate of drug-likeness (QED) is 0.820. The average Bonchev–Trinajstić information content (AvgIpc) is 2.94. The normalized spacial score (nSPS) is 15.3. The topological polar surface area (TPSA) is 105 Å². The molecule has 0 radical (unpaired) electrons. The molecule has 0 aliphatic carbocycles. The van der Waals surface area contributed by atoms with E-state index in [-0.39, 0.29) is 5.91 Å². The smallest absolute Gasteiger partial charge is 0.475 e. The number of halogens is 3. The van der Waals surface area contributed by atoms with Crippen LogP contribution in [0.2, 0.25) is 0 Å². The Morgan fingerprint density at radius 2 is 1.96 bits per heavy atom. The number of carbonyl (C=O) groups excluding carboxylic acids is 1. The lowest BCUT2D eigenvalue weighted by Crippen LogP contribution is -2.41. The van der Waals surface area contributed by atoms with Gasteiger partial charge in [-0.15, -0.1) is 0 Å². The number of aliphatic carboxylic acids is 1. The molecule has 2 N–H and O–H groups in total. The molecule has 8 nitrogen and oxygen atoms in total. The van der Waals surface area contributed by atoms with Gasteiger partial charge in [-0.1, -0.05) is 5.16 Å². The number of ether oxygens (including phenoxy) is 1. The van der Waals surface area contributed by atoms with Crippen molar-refractivity contribution in [1.82, 2.24) is 15.4 Å². The third kappa shape index (κ3) is 7.42. The number of aryl methyl sites for hydroxylation is 1. The van der Waals surface area contributed by atoms with E-state index < -0.39 is 12.1 Å². The van der Waals surface area contributed by atoms with E-state index in [1.807, 2.05) is 0 Å². The van der Waals surface area contributed by atoms with Crippen molar-refractivity contribution in [3.05, 3.63) is 17.5 Å². The highest BCUT2D eigenvalue weighted by atomic mass is 19.4. The number of nitrogens with one attached hydrogen (secondary N) is 1. The van der Waals surface area contributed by atoms with Gasteiger partial charge in [0.2, 0.25) is 0 Å². The van der Waals surface area contributed by atoms with Crippen molar-refractivity contribution >= 4 is 11.9 Å². The van der Waals surface area contributed by atoms with Gasteiger partial charge < -0.3 is 19.7 Å². The largest absolute Gasteiger partial charge is 0.490 e. The van der Waals surface area contributed by atoms with Gasteiger partial charge >= 0.3 is 12.1 Å². The van der Waals surface area contributed by atoms with Crippen molar-refractivity contribution < 1.29 is 37.1 Å². The first-order valence-electron chi connectivity index (χ1n) is 7.02. The molecule has 1 aliphatic heterocycles. The Balaban J connectivity index is 0.000000351. The Hall–Kier alpha value is -2.14. The van der Waals surface area contributed by atoms with Gasteiger partial charge in [0.05, 0.1) is 13.2 Å². The van der Waals surface area contributed by atoms with Crippen molar-refractivity contribution in [2.75, 3.05) is 39.4 Å². The maximum absolute atomic E-state index is 11.6. The fourth-order valence-electron chi connectivity index (χ4n) is 1.72. The van der Waals surface area contributed by atoms with Crippen LogP contribution in [-0.2, 0) is 9.53 Å². The summed E-state index contributed by atoms with van der Waals surface area (Å²) in [6.45, 7) is 6.62. The molecule has 0 bridgehead atoms. The van der Waals surface area contributed by atoms with Gasteiger partial charge in [-0.05, 0) is 6.92 Å². The lowest BCUT2D eigenvalue weighted by molar-refractivity contribution is -0.192. The summed E-state index contributed by atoms with van der Waals surface area (Å²) in [5, 5.41) is 13.6. The molecule has 2 heterocycles. The summed E-state index contributed by atoms with van der Waals surface area (Å²) in [7, 11) is 0. The van der Waals surface area contributed by atoms with Crippen LogP contribution in [0.1, 0.15) is 16.2 Å². The second-order valence-electron chi connectivity index (χ2n) is 4.84. The molecule has 1 saturated heterocycles. The number of amides is 1. The summed E-state index contributed by atoms with van der Waals surface area (Å²) in [5.41, 5.74) is 0.337. The zero-order chi connectivity index (χ0) is 18.2. The van der Waals surface area contributed by atoms with Crippen molar-refractivity contribution in [3.8, 4) is 0 Å². The number of nitrogens with zero attached hydrogens (tertiary/aromatic N) is 2. The summed E-state index contributed by atoms with van der Waals surface area (Å²) in [6.07, 6.45) is -5.08. The van der Waals surface area contributed by atoms with Crippen LogP contribution in [0, 0.1) is 6.92 Å². The Labute approximate surface area is 135 Å². The van der Waals surface area contributed by atoms with Crippen molar-refractivity contribution in [3.63, 3.8) is 0 Å². The molecule has 1 aromatic heterocycles. The number of hydrogen-bond acceptors (Lipinski definition) is 6. The van der Waals surface area contributed by atoms with Gasteiger partial charge in [0.15, 0.2) is 5.69 Å². The fourth-order valence-corrected chi connectivity index (χ4v) is 1.72. The lowest BCUT2D eigenvalue weighted by atomic mass is 10.3. The van der Waals surface area contributed by atoms with Crippen LogP contribution in [0.25, 0.3) is 0 Å². The van der Waals surface area contributed by atoms with Crippen LogP contribution in [0.5, 0.6) is 0 Å². The van der Waals surface area contributed by atoms with Crippen LogP contribution in [-0.4, -0.2) is 72.6 Å². The van der Waals surface area contributed by atoms with Gasteiger partial charge in [-0.3, -0.25) is 9.69 Å². The predicted octanol–water partition coefficient (Wildman–Crippen LogP) is 0.678. The molecule has 1 aliphatic rings. The molecule has 1 fully saturated rings. The second-order valence-corrected chi connectivity index (χ2v) is 4.84. The summed E-state index contributed by atoms with van der Waals surface area (Å²) in [4.78, 5) is 22.8. The SMILES string of the molecule is Cc1cc(C(=O)NCCN2CCOCC2)no1.O=C(O)C(F)(F)F. The standard InChI is InChI=1S/C11H17N3O3.C2HF3O2/c1-9-8-10(13-17-9)11(15)12-2-3-14-4-6-16-7-5-14;3-2(4,5)1(6)7/h8H,2-7H2,1H3,(H,12,15);(H,6,7). The van der Waals surface area contributed by atoms with Crippen LogP contribution in [0.15, 0.2) is 10.6 Å². The molecule has 0 aromatic carbocycles. The van der Waals surface area contributed by atoms with E-state index >= 15 is 0 Å². The summed E-state index contributed by atoms with van der Waals surface area (Å²) >= 11 is 0. The van der Waals surface area contributed by atoms with E-state index in [1.165, 1.54) is 0 Å². The van der Waals surface area contributed by atoms with E-state index in [0.29, 0.717) is 18.0 Å². The first-order chi connectivity index (χ1) is 11.2. The first kappa shape index (κ1) is 19.9. The third-order valence-electron chi connectivity index (χ3n) is 2.92. The van der Waals surface area contributed by atoms with E-state index in [9.17, 15) is 18.0 Å². The maximum Gasteiger partial charge on any atom is 0.490 e. The molecular formula is C13H18F3N3O5. The third-order valence-corrected chi connectivity index (χ3v) is 2.92. The van der Waals surface area contributed by atoms with E-state index in [1.54, 1.807) is 13.0 Å². The molecule has 24 heavy (non-hydrogen) atoms. The van der Waals surface area contributed by atoms with Crippen molar-refractivity contribution in [2.24, 2.45) is 0 Å². The zero-order valence-corrected chi connectivity index (χ0v) is 12.9. The van der Waals surface area contributed by atoms with Crippen LogP contribution in [0.3, 0.4) is 0 Å². The fraction of sp³-hybridized carbons (Fsp3) is 0.615. The summed E-state index contributed by atoms with van der Waals surface area (Å²) < 4.78 is 41.8. The van der Waals surface area contributed by atoms with Gasteiger partial charge in [0.25, 0.3) is 5.91 Å². The predicted molar refractivity (Wildman–Crippen MR) is 74.5 cm³/mol. The molecule has 1 amide bonds. The molecule has 0 atom stereocenters. The van der Waals surface area contributed by atoms with Crippen LogP contribution < -0.4 is 5.32 Å². The molecule has 11 heteroatoms. The second kappa shape index (κ2) is 9.23. The number of rotatable bonds is 4. The number of carboxylic acid groups (broad SMARTS) is 1. The zero-order valence-electron chi connectivity index (χ0n) is 12.9. The van der Waals surface area contributed by atoms with E-state index in [0.717, 1.165) is 32.8 Å². The minimum atomic E-state index is -5.08.